The maximum Gasteiger partial charge on any atom is 0.249 e. The van der Waals surface area contributed by atoms with E-state index in [1.54, 1.807) is 0 Å². The summed E-state index contributed by atoms with van der Waals surface area (Å²) in [4.78, 5) is 10.6. The molecule has 0 aliphatic carbocycles. The van der Waals surface area contributed by atoms with Crippen LogP contribution in [0.5, 0.6) is 5.75 Å². The van der Waals surface area contributed by atoms with Crippen molar-refractivity contribution in [1.82, 2.24) is 0 Å². The molecule has 1 amide bonds. The third-order valence-corrected chi connectivity index (χ3v) is 2.11. The van der Waals surface area contributed by atoms with E-state index in [9.17, 15) is 19.4 Å². The Kier molecular flexibility index (Phi) is 3.81. The molecule has 0 aliphatic heterocycles. The summed E-state index contributed by atoms with van der Waals surface area (Å²) < 4.78 is 17.7. The molecule has 1 aromatic carbocycles. The fourth-order valence-corrected chi connectivity index (χ4v) is 1.20. The van der Waals surface area contributed by atoms with Gasteiger partial charge in [0.15, 0.2) is 17.7 Å². The number of hydrogen-bond donors (Lipinski definition) is 3. The number of carbonyl (C=O) groups excluding carboxylic acids is 1. The lowest BCUT2D eigenvalue weighted by Crippen LogP contribution is -2.33. The van der Waals surface area contributed by atoms with Crippen LogP contribution in [0.15, 0.2) is 18.2 Å². The van der Waals surface area contributed by atoms with Gasteiger partial charge in [0.25, 0.3) is 0 Å². The van der Waals surface area contributed by atoms with Gasteiger partial charge in [-0.05, 0) is 17.7 Å². The Morgan fingerprint density at radius 3 is 2.62 bits per heavy atom. The number of benzene rings is 1. The number of methoxy groups -OCH3 is 1. The molecule has 1 rings (SSSR count). The van der Waals surface area contributed by atoms with Crippen LogP contribution in [0.2, 0.25) is 0 Å². The lowest BCUT2D eigenvalue weighted by atomic mass is 10.0. The minimum atomic E-state index is -1.74. The number of hydrogen-bond acceptors (Lipinski definition) is 4. The molecule has 5 nitrogen and oxygen atoms in total. The van der Waals surface area contributed by atoms with Crippen LogP contribution in [0.3, 0.4) is 0 Å². The SMILES string of the molecule is COc1cc(C(O)C(O)C(N)=O)ccc1F. The number of aliphatic hydroxyl groups excluding tert-OH is 2. The first kappa shape index (κ1) is 12.4. The van der Waals surface area contributed by atoms with Crippen molar-refractivity contribution in [3.05, 3.63) is 29.6 Å². The summed E-state index contributed by atoms with van der Waals surface area (Å²) in [6, 6.07) is 3.48. The molecule has 2 atom stereocenters. The molecule has 0 heterocycles. The summed E-state index contributed by atoms with van der Waals surface area (Å²) in [6.07, 6.45) is -3.25. The van der Waals surface area contributed by atoms with Gasteiger partial charge >= 0.3 is 0 Å². The topological polar surface area (TPSA) is 92.8 Å². The van der Waals surface area contributed by atoms with Crippen LogP contribution in [-0.4, -0.2) is 29.3 Å². The molecule has 0 aromatic heterocycles. The Hall–Kier alpha value is -1.66. The highest BCUT2D eigenvalue weighted by Gasteiger charge is 2.24. The first-order valence-electron chi connectivity index (χ1n) is 4.46. The van der Waals surface area contributed by atoms with Crippen LogP contribution >= 0.6 is 0 Å². The molecular weight excluding hydrogens is 217 g/mol. The molecule has 16 heavy (non-hydrogen) atoms. The number of amides is 1. The highest BCUT2D eigenvalue weighted by Crippen LogP contribution is 2.24. The highest BCUT2D eigenvalue weighted by molar-refractivity contribution is 5.79. The molecule has 88 valence electrons. The fourth-order valence-electron chi connectivity index (χ4n) is 1.20. The molecule has 0 bridgehead atoms. The van der Waals surface area contributed by atoms with E-state index >= 15 is 0 Å². The zero-order valence-electron chi connectivity index (χ0n) is 8.55. The predicted molar refractivity (Wildman–Crippen MR) is 53.1 cm³/mol. The third kappa shape index (κ3) is 2.47. The van der Waals surface area contributed by atoms with Gasteiger partial charge in [-0.25, -0.2) is 4.39 Å². The molecule has 0 aliphatic rings. The zero-order chi connectivity index (χ0) is 12.3. The van der Waals surface area contributed by atoms with Crippen molar-refractivity contribution in [3.63, 3.8) is 0 Å². The second-order valence-electron chi connectivity index (χ2n) is 3.19. The van der Waals surface area contributed by atoms with Crippen LogP contribution in [0.1, 0.15) is 11.7 Å². The maximum atomic E-state index is 13.0. The fraction of sp³-hybridized carbons (Fsp3) is 0.300. The molecule has 2 unspecified atom stereocenters. The van der Waals surface area contributed by atoms with Gasteiger partial charge in [-0.2, -0.15) is 0 Å². The van der Waals surface area contributed by atoms with Gasteiger partial charge in [-0.15, -0.1) is 0 Å². The minimum absolute atomic E-state index is 0.0896. The van der Waals surface area contributed by atoms with E-state index in [0.29, 0.717) is 0 Å². The summed E-state index contributed by atoms with van der Waals surface area (Å²) in [5.41, 5.74) is 4.96. The van der Waals surface area contributed by atoms with Crippen LogP contribution in [0.25, 0.3) is 0 Å². The number of rotatable bonds is 4. The normalized spacial score (nSPS) is 14.2. The lowest BCUT2D eigenvalue weighted by molar-refractivity contribution is -0.131. The number of primary amides is 1. The van der Waals surface area contributed by atoms with E-state index in [1.165, 1.54) is 19.2 Å². The van der Waals surface area contributed by atoms with E-state index in [2.05, 4.69) is 0 Å². The van der Waals surface area contributed by atoms with Gasteiger partial charge in [-0.3, -0.25) is 4.79 Å². The van der Waals surface area contributed by atoms with E-state index in [1.807, 2.05) is 0 Å². The van der Waals surface area contributed by atoms with Crippen LogP contribution in [-0.2, 0) is 4.79 Å². The largest absolute Gasteiger partial charge is 0.494 e. The molecule has 4 N–H and O–H groups in total. The third-order valence-electron chi connectivity index (χ3n) is 2.11. The molecule has 0 fully saturated rings. The van der Waals surface area contributed by atoms with Crippen LogP contribution < -0.4 is 10.5 Å². The number of aliphatic hydroxyl groups is 2. The number of nitrogens with two attached hydrogens (primary N) is 1. The Morgan fingerprint density at radius 2 is 2.12 bits per heavy atom. The lowest BCUT2D eigenvalue weighted by Gasteiger charge is -2.15. The molecular formula is C10H12FNO4. The average Bonchev–Trinajstić information content (AvgIpc) is 2.27. The van der Waals surface area contributed by atoms with Crippen molar-refractivity contribution in [3.8, 4) is 5.75 Å². The first-order valence-corrected chi connectivity index (χ1v) is 4.46. The minimum Gasteiger partial charge on any atom is -0.494 e. The van der Waals surface area contributed by atoms with Crippen molar-refractivity contribution in [2.24, 2.45) is 5.73 Å². The Morgan fingerprint density at radius 1 is 1.50 bits per heavy atom. The summed E-state index contributed by atoms with van der Waals surface area (Å²) in [5.74, 6) is -1.75. The Bertz CT molecular complexity index is 396. The Balaban J connectivity index is 3.00. The van der Waals surface area contributed by atoms with E-state index in [-0.39, 0.29) is 11.3 Å². The summed E-state index contributed by atoms with van der Waals surface area (Å²) in [5, 5.41) is 18.8. The highest BCUT2D eigenvalue weighted by atomic mass is 19.1. The standard InChI is InChI=1S/C10H12FNO4/c1-16-7-4-5(2-3-6(7)11)8(13)9(14)10(12)15/h2-4,8-9,13-14H,1H3,(H2,12,15). The molecule has 0 saturated carbocycles. The summed E-state index contributed by atoms with van der Waals surface area (Å²) >= 11 is 0. The van der Waals surface area contributed by atoms with Crippen molar-refractivity contribution >= 4 is 5.91 Å². The first-order chi connectivity index (χ1) is 7.47. The maximum absolute atomic E-state index is 13.0. The summed E-state index contributed by atoms with van der Waals surface area (Å²) in [6.45, 7) is 0. The zero-order valence-corrected chi connectivity index (χ0v) is 8.55. The van der Waals surface area contributed by atoms with E-state index in [4.69, 9.17) is 10.5 Å². The van der Waals surface area contributed by atoms with E-state index < -0.39 is 23.9 Å². The van der Waals surface area contributed by atoms with Gasteiger partial charge in [-0.1, -0.05) is 6.07 Å². The summed E-state index contributed by atoms with van der Waals surface area (Å²) in [7, 11) is 1.26. The molecule has 1 aromatic rings. The number of carbonyl (C=O) groups is 1. The molecule has 0 radical (unpaired) electrons. The van der Waals surface area contributed by atoms with Gasteiger partial charge in [0.1, 0.15) is 6.10 Å². The smallest absolute Gasteiger partial charge is 0.249 e. The Labute approximate surface area is 91.3 Å². The molecule has 0 spiro atoms. The van der Waals surface area contributed by atoms with Crippen molar-refractivity contribution in [1.29, 1.82) is 0 Å². The molecule has 6 heteroatoms. The van der Waals surface area contributed by atoms with Gasteiger partial charge < -0.3 is 20.7 Å². The van der Waals surface area contributed by atoms with E-state index in [0.717, 1.165) is 6.07 Å². The predicted octanol–water partition coefficient (Wildman–Crippen LogP) is -0.286. The van der Waals surface area contributed by atoms with Crippen molar-refractivity contribution in [2.75, 3.05) is 7.11 Å². The van der Waals surface area contributed by atoms with Crippen LogP contribution in [0, 0.1) is 5.82 Å². The number of halogens is 1. The van der Waals surface area contributed by atoms with Crippen LogP contribution in [0.4, 0.5) is 4.39 Å². The second-order valence-corrected chi connectivity index (χ2v) is 3.19. The van der Waals surface area contributed by atoms with Gasteiger partial charge in [0.05, 0.1) is 7.11 Å². The quantitative estimate of drug-likeness (QED) is 0.661. The second kappa shape index (κ2) is 4.91. The monoisotopic (exact) mass is 229 g/mol. The van der Waals surface area contributed by atoms with Crippen molar-refractivity contribution in [2.45, 2.75) is 12.2 Å². The van der Waals surface area contributed by atoms with Crippen molar-refractivity contribution < 1.29 is 24.1 Å². The van der Waals surface area contributed by atoms with Gasteiger partial charge in [0.2, 0.25) is 5.91 Å². The van der Waals surface area contributed by atoms with Gasteiger partial charge in [0, 0.05) is 0 Å². The number of ether oxygens (including phenoxy) is 1. The average molecular weight is 229 g/mol. The molecule has 0 saturated heterocycles.